The van der Waals surface area contributed by atoms with Crippen LogP contribution in [0.2, 0.25) is 10.0 Å². The van der Waals surface area contributed by atoms with Gasteiger partial charge in [0, 0.05) is 16.1 Å². The lowest BCUT2D eigenvalue weighted by Crippen LogP contribution is -2.27. The van der Waals surface area contributed by atoms with Crippen LogP contribution in [0.1, 0.15) is 18.5 Å². The van der Waals surface area contributed by atoms with Crippen molar-refractivity contribution in [2.45, 2.75) is 17.9 Å². The molecule has 0 saturated carbocycles. The van der Waals surface area contributed by atoms with Crippen LogP contribution in [0.4, 0.5) is 0 Å². The lowest BCUT2D eigenvalue weighted by molar-refractivity contribution is 0.567. The van der Waals surface area contributed by atoms with Crippen LogP contribution in [0.15, 0.2) is 53.4 Å². The van der Waals surface area contributed by atoms with Gasteiger partial charge in [-0.15, -0.1) is 0 Å². The zero-order valence-electron chi connectivity index (χ0n) is 10.7. The molecule has 0 aliphatic heterocycles. The van der Waals surface area contributed by atoms with Crippen LogP contribution in [-0.2, 0) is 10.0 Å². The van der Waals surface area contributed by atoms with Gasteiger partial charge in [-0.05, 0) is 42.8 Å². The van der Waals surface area contributed by atoms with Crippen LogP contribution < -0.4 is 4.72 Å². The molecular weight excluding hydrogens is 317 g/mol. The molecule has 0 fully saturated rings. The first kappa shape index (κ1) is 15.3. The largest absolute Gasteiger partial charge is 0.241 e. The van der Waals surface area contributed by atoms with Crippen molar-refractivity contribution in [1.29, 1.82) is 0 Å². The highest BCUT2D eigenvalue weighted by Crippen LogP contribution is 2.24. The second-order valence-electron chi connectivity index (χ2n) is 4.32. The Morgan fingerprint density at radius 2 is 1.60 bits per heavy atom. The zero-order valence-corrected chi connectivity index (χ0v) is 13.0. The minimum absolute atomic E-state index is 0.167. The van der Waals surface area contributed by atoms with E-state index in [0.717, 1.165) is 5.56 Å². The second-order valence-corrected chi connectivity index (χ2v) is 6.88. The molecule has 1 N–H and O–H groups in total. The highest BCUT2D eigenvalue weighted by atomic mass is 35.5. The van der Waals surface area contributed by atoms with E-state index in [1.54, 1.807) is 25.1 Å². The maximum atomic E-state index is 12.2. The summed E-state index contributed by atoms with van der Waals surface area (Å²) in [4.78, 5) is 0.167. The fourth-order valence-corrected chi connectivity index (χ4v) is 3.45. The van der Waals surface area contributed by atoms with Crippen molar-refractivity contribution in [2.24, 2.45) is 0 Å². The Kier molecular flexibility index (Phi) is 4.70. The first-order valence-electron chi connectivity index (χ1n) is 5.92. The Morgan fingerprint density at radius 1 is 1.00 bits per heavy atom. The number of rotatable bonds is 4. The van der Waals surface area contributed by atoms with Crippen molar-refractivity contribution < 1.29 is 8.42 Å². The first-order chi connectivity index (χ1) is 9.40. The number of nitrogens with one attached hydrogen (secondary N) is 1. The third kappa shape index (κ3) is 3.52. The molecule has 6 heteroatoms. The average molecular weight is 330 g/mol. The maximum Gasteiger partial charge on any atom is 0.241 e. The highest BCUT2D eigenvalue weighted by molar-refractivity contribution is 7.89. The van der Waals surface area contributed by atoms with Gasteiger partial charge in [-0.3, -0.25) is 0 Å². The lowest BCUT2D eigenvalue weighted by Gasteiger charge is -2.16. The summed E-state index contributed by atoms with van der Waals surface area (Å²) < 4.78 is 27.1. The third-order valence-corrected chi connectivity index (χ3v) is 4.98. The van der Waals surface area contributed by atoms with Crippen molar-refractivity contribution in [2.75, 3.05) is 0 Å². The Bertz CT molecular complexity index is 699. The summed E-state index contributed by atoms with van der Waals surface area (Å²) in [6, 6.07) is 12.7. The molecule has 0 amide bonds. The van der Waals surface area contributed by atoms with Crippen LogP contribution in [0.3, 0.4) is 0 Å². The van der Waals surface area contributed by atoms with Gasteiger partial charge in [-0.2, -0.15) is 0 Å². The van der Waals surface area contributed by atoms with Gasteiger partial charge in [0.25, 0.3) is 0 Å². The van der Waals surface area contributed by atoms with Gasteiger partial charge >= 0.3 is 0 Å². The molecule has 2 aromatic rings. The standard InChI is InChI=1S/C14H13Cl2NO2S/c1-10(13-4-2-3-5-14(13)16)17-20(18,19)12-8-6-11(15)7-9-12/h2-10,17H,1H3. The molecule has 106 valence electrons. The van der Waals surface area contributed by atoms with Gasteiger partial charge in [0.15, 0.2) is 0 Å². The summed E-state index contributed by atoms with van der Waals surface area (Å²) in [5.41, 5.74) is 0.728. The summed E-state index contributed by atoms with van der Waals surface area (Å²) >= 11 is 11.8. The minimum atomic E-state index is -3.61. The van der Waals surface area contributed by atoms with Gasteiger partial charge in [0.05, 0.1) is 4.90 Å². The van der Waals surface area contributed by atoms with Crippen LogP contribution >= 0.6 is 23.2 Å². The molecule has 3 nitrogen and oxygen atoms in total. The van der Waals surface area contributed by atoms with Crippen LogP contribution in [0, 0.1) is 0 Å². The van der Waals surface area contributed by atoms with E-state index in [1.807, 2.05) is 6.07 Å². The van der Waals surface area contributed by atoms with E-state index in [-0.39, 0.29) is 4.90 Å². The van der Waals surface area contributed by atoms with E-state index < -0.39 is 16.1 Å². The monoisotopic (exact) mass is 329 g/mol. The SMILES string of the molecule is CC(NS(=O)(=O)c1ccc(Cl)cc1)c1ccccc1Cl. The summed E-state index contributed by atoms with van der Waals surface area (Å²) in [5, 5.41) is 1.02. The number of benzene rings is 2. The topological polar surface area (TPSA) is 46.2 Å². The molecule has 0 saturated heterocycles. The van der Waals surface area contributed by atoms with Crippen molar-refractivity contribution in [3.63, 3.8) is 0 Å². The van der Waals surface area contributed by atoms with Crippen molar-refractivity contribution in [3.8, 4) is 0 Å². The summed E-state index contributed by atoms with van der Waals surface area (Å²) in [5.74, 6) is 0. The van der Waals surface area contributed by atoms with Crippen molar-refractivity contribution >= 4 is 33.2 Å². The third-order valence-electron chi connectivity index (χ3n) is 2.83. The molecule has 2 rings (SSSR count). The van der Waals surface area contributed by atoms with E-state index in [4.69, 9.17) is 23.2 Å². The smallest absolute Gasteiger partial charge is 0.207 e. The molecule has 1 unspecified atom stereocenters. The van der Waals surface area contributed by atoms with Gasteiger partial charge in [-0.25, -0.2) is 13.1 Å². The van der Waals surface area contributed by atoms with Gasteiger partial charge in [0.1, 0.15) is 0 Å². The van der Waals surface area contributed by atoms with Gasteiger partial charge in [0.2, 0.25) is 10.0 Å². The predicted octanol–water partition coefficient (Wildman–Crippen LogP) is 4.03. The number of hydrogen-bond acceptors (Lipinski definition) is 2. The second kappa shape index (κ2) is 6.14. The molecule has 0 spiro atoms. The van der Waals surface area contributed by atoms with E-state index in [9.17, 15) is 8.42 Å². The summed E-state index contributed by atoms with van der Waals surface area (Å²) in [6.07, 6.45) is 0. The van der Waals surface area contributed by atoms with E-state index >= 15 is 0 Å². The van der Waals surface area contributed by atoms with Gasteiger partial charge in [-0.1, -0.05) is 41.4 Å². The molecule has 0 heterocycles. The normalized spacial score (nSPS) is 13.2. The maximum absolute atomic E-state index is 12.2. The molecule has 0 aromatic heterocycles. The summed E-state index contributed by atoms with van der Waals surface area (Å²) in [7, 11) is -3.61. The quantitative estimate of drug-likeness (QED) is 0.920. The Balaban J connectivity index is 2.24. The first-order valence-corrected chi connectivity index (χ1v) is 8.16. The van der Waals surface area contributed by atoms with E-state index in [1.165, 1.54) is 24.3 Å². The van der Waals surface area contributed by atoms with Crippen LogP contribution in [-0.4, -0.2) is 8.42 Å². The van der Waals surface area contributed by atoms with Crippen molar-refractivity contribution in [1.82, 2.24) is 4.72 Å². The van der Waals surface area contributed by atoms with Gasteiger partial charge < -0.3 is 0 Å². The Morgan fingerprint density at radius 3 is 2.20 bits per heavy atom. The average Bonchev–Trinajstić information content (AvgIpc) is 2.39. The molecule has 0 radical (unpaired) electrons. The molecule has 0 bridgehead atoms. The predicted molar refractivity (Wildman–Crippen MR) is 81.6 cm³/mol. The van der Waals surface area contributed by atoms with E-state index in [0.29, 0.717) is 10.0 Å². The number of halogens is 2. The van der Waals surface area contributed by atoms with Crippen LogP contribution in [0.25, 0.3) is 0 Å². The highest BCUT2D eigenvalue weighted by Gasteiger charge is 2.19. The Labute approximate surface area is 128 Å². The Hall–Kier alpha value is -1.07. The molecule has 0 aliphatic rings. The molecular formula is C14H13Cl2NO2S. The number of hydrogen-bond donors (Lipinski definition) is 1. The molecule has 2 aromatic carbocycles. The molecule has 1 atom stereocenters. The van der Waals surface area contributed by atoms with Crippen molar-refractivity contribution in [3.05, 3.63) is 64.1 Å². The summed E-state index contributed by atoms with van der Waals surface area (Å²) in [6.45, 7) is 1.74. The number of sulfonamides is 1. The van der Waals surface area contributed by atoms with E-state index in [2.05, 4.69) is 4.72 Å². The lowest BCUT2D eigenvalue weighted by atomic mass is 10.1. The zero-order chi connectivity index (χ0) is 14.8. The minimum Gasteiger partial charge on any atom is -0.207 e. The fraction of sp³-hybridized carbons (Fsp3) is 0.143. The van der Waals surface area contributed by atoms with Crippen LogP contribution in [0.5, 0.6) is 0 Å². The fourth-order valence-electron chi connectivity index (χ4n) is 1.80. The molecule has 20 heavy (non-hydrogen) atoms. The molecule has 0 aliphatic carbocycles.